The molecule has 8 heteroatoms. The topological polar surface area (TPSA) is 102 Å². The summed E-state index contributed by atoms with van der Waals surface area (Å²) >= 11 is 0. The number of anilines is 1. The Balaban J connectivity index is 1.84. The first-order valence-electron chi connectivity index (χ1n) is 8.98. The third-order valence-electron chi connectivity index (χ3n) is 3.77. The molecule has 7 nitrogen and oxygen atoms in total. The zero-order valence-electron chi connectivity index (χ0n) is 16.3. The number of aromatic hydroxyl groups is 1. The molecule has 0 radical (unpaired) electrons. The second-order valence-electron chi connectivity index (χ2n) is 7.49. The van der Waals surface area contributed by atoms with Gasteiger partial charge in [0.25, 0.3) is 5.91 Å². The number of hydrogen-bond acceptors (Lipinski definition) is 3. The van der Waals surface area contributed by atoms with Crippen molar-refractivity contribution in [1.82, 2.24) is 15.5 Å². The van der Waals surface area contributed by atoms with Gasteiger partial charge in [0.2, 0.25) is 5.96 Å². The number of rotatable bonds is 3. The van der Waals surface area contributed by atoms with Crippen LogP contribution in [0, 0.1) is 5.82 Å². The van der Waals surface area contributed by atoms with Crippen molar-refractivity contribution in [2.24, 2.45) is 4.99 Å². The molecule has 4 N–H and O–H groups in total. The number of phenols is 1. The summed E-state index contributed by atoms with van der Waals surface area (Å²) in [6.07, 6.45) is 0. The fourth-order valence-electron chi connectivity index (χ4n) is 2.53. The van der Waals surface area contributed by atoms with E-state index in [4.69, 9.17) is 0 Å². The summed E-state index contributed by atoms with van der Waals surface area (Å²) < 4.78 is 13.1. The Kier molecular flexibility index (Phi) is 5.63. The zero-order valence-corrected chi connectivity index (χ0v) is 16.3. The van der Waals surface area contributed by atoms with Crippen molar-refractivity contribution in [1.29, 1.82) is 0 Å². The van der Waals surface area contributed by atoms with E-state index in [9.17, 15) is 14.3 Å². The lowest BCUT2D eigenvalue weighted by molar-refractivity contribution is 0.100. The fraction of sp³-hybridized carbons (Fsp3) is 0.190. The number of phenolic OH excluding ortho intramolecular Hbond substituents is 1. The summed E-state index contributed by atoms with van der Waals surface area (Å²) in [5, 5.41) is 22.8. The third kappa shape index (κ3) is 5.65. The third-order valence-corrected chi connectivity index (χ3v) is 3.77. The van der Waals surface area contributed by atoms with Gasteiger partial charge in [-0.3, -0.25) is 9.89 Å². The summed E-state index contributed by atoms with van der Waals surface area (Å²) in [5.41, 5.74) is 1.25. The molecule has 0 saturated heterocycles. The van der Waals surface area contributed by atoms with Crippen LogP contribution in [0.5, 0.6) is 5.75 Å². The van der Waals surface area contributed by atoms with Crippen LogP contribution in [0.2, 0.25) is 0 Å². The van der Waals surface area contributed by atoms with E-state index >= 15 is 0 Å². The van der Waals surface area contributed by atoms with Gasteiger partial charge in [-0.05, 0) is 63.2 Å². The van der Waals surface area contributed by atoms with E-state index in [0.717, 1.165) is 5.56 Å². The number of aliphatic imine (C=N–C) groups is 1. The lowest BCUT2D eigenvalue weighted by atomic mass is 10.1. The highest BCUT2D eigenvalue weighted by Gasteiger charge is 2.16. The zero-order chi connectivity index (χ0) is 21.0. The Labute approximate surface area is 167 Å². The van der Waals surface area contributed by atoms with Crippen LogP contribution < -0.4 is 10.6 Å². The van der Waals surface area contributed by atoms with Gasteiger partial charge in [-0.1, -0.05) is 6.07 Å². The number of carbonyl (C=O) groups excluding carboxylic acids is 1. The van der Waals surface area contributed by atoms with Gasteiger partial charge in [0.05, 0.1) is 5.69 Å². The van der Waals surface area contributed by atoms with Crippen LogP contribution in [-0.2, 0) is 0 Å². The van der Waals surface area contributed by atoms with Gasteiger partial charge in [0, 0.05) is 22.7 Å². The Bertz CT molecular complexity index is 1040. The largest absolute Gasteiger partial charge is 0.508 e. The van der Waals surface area contributed by atoms with Crippen LogP contribution in [0.3, 0.4) is 0 Å². The fourth-order valence-corrected chi connectivity index (χ4v) is 2.53. The highest BCUT2D eigenvalue weighted by atomic mass is 19.1. The molecular formula is C21H22FN5O2. The van der Waals surface area contributed by atoms with Crippen molar-refractivity contribution in [3.8, 4) is 17.0 Å². The molecule has 1 aromatic heterocycles. The summed E-state index contributed by atoms with van der Waals surface area (Å²) in [4.78, 5) is 16.6. The second-order valence-corrected chi connectivity index (χ2v) is 7.49. The van der Waals surface area contributed by atoms with Crippen LogP contribution in [0.25, 0.3) is 11.3 Å². The van der Waals surface area contributed by atoms with Crippen LogP contribution in [0.4, 0.5) is 10.2 Å². The normalized spacial score (nSPS) is 11.9. The summed E-state index contributed by atoms with van der Waals surface area (Å²) in [5.74, 6) is -0.124. The maximum absolute atomic E-state index is 13.1. The van der Waals surface area contributed by atoms with Crippen LogP contribution in [0.15, 0.2) is 59.6 Å². The molecule has 3 aromatic rings. The lowest BCUT2D eigenvalue weighted by Crippen LogP contribution is -2.44. The highest BCUT2D eigenvalue weighted by molar-refractivity contribution is 6.06. The minimum absolute atomic E-state index is 0.0122. The predicted octanol–water partition coefficient (Wildman–Crippen LogP) is 3.92. The minimum Gasteiger partial charge on any atom is -0.508 e. The van der Waals surface area contributed by atoms with Crippen molar-refractivity contribution >= 4 is 17.7 Å². The number of halogens is 1. The average Bonchev–Trinajstić information content (AvgIpc) is 3.09. The van der Waals surface area contributed by atoms with Crippen molar-refractivity contribution in [3.63, 3.8) is 0 Å². The number of amides is 1. The smallest absolute Gasteiger partial charge is 0.280 e. The van der Waals surface area contributed by atoms with Crippen molar-refractivity contribution in [3.05, 3.63) is 66.0 Å². The number of H-pyrrole nitrogens is 1. The standard InChI is InChI=1S/C21H22FN5O2/c1-21(2,3)25-20(24-19(29)14-5-4-6-16(28)11-14)23-18-12-17(26-27-18)13-7-9-15(22)10-8-13/h4-12,28H,1-3H3,(H3,23,24,25,26,27,29). The lowest BCUT2D eigenvalue weighted by Gasteiger charge is -2.23. The Morgan fingerprint density at radius 1 is 1.14 bits per heavy atom. The predicted molar refractivity (Wildman–Crippen MR) is 110 cm³/mol. The molecule has 0 aliphatic rings. The van der Waals surface area contributed by atoms with Crippen molar-refractivity contribution < 1.29 is 14.3 Å². The monoisotopic (exact) mass is 395 g/mol. The van der Waals surface area contributed by atoms with E-state index < -0.39 is 5.91 Å². The Hall–Kier alpha value is -3.68. The molecule has 1 heterocycles. The first kappa shape index (κ1) is 20.1. The van der Waals surface area contributed by atoms with E-state index in [1.54, 1.807) is 30.3 Å². The van der Waals surface area contributed by atoms with E-state index in [0.29, 0.717) is 11.5 Å². The molecule has 29 heavy (non-hydrogen) atoms. The first-order chi connectivity index (χ1) is 13.7. The summed E-state index contributed by atoms with van der Waals surface area (Å²) in [6, 6.07) is 13.7. The number of carbonyl (C=O) groups is 1. The van der Waals surface area contributed by atoms with E-state index in [1.165, 1.54) is 24.3 Å². The number of nitrogens with one attached hydrogen (secondary N) is 3. The second kappa shape index (κ2) is 8.14. The average molecular weight is 395 g/mol. The van der Waals surface area contributed by atoms with E-state index in [1.807, 2.05) is 20.8 Å². The molecule has 0 unspecified atom stereocenters. The molecule has 1 amide bonds. The van der Waals surface area contributed by atoms with E-state index in [-0.39, 0.29) is 28.6 Å². The molecule has 0 fully saturated rings. The van der Waals surface area contributed by atoms with Crippen LogP contribution in [-0.4, -0.2) is 32.7 Å². The minimum atomic E-state index is -0.515. The molecule has 0 aliphatic heterocycles. The number of aromatic nitrogens is 2. The van der Waals surface area contributed by atoms with Gasteiger partial charge in [0.15, 0.2) is 0 Å². The van der Waals surface area contributed by atoms with Gasteiger partial charge < -0.3 is 15.7 Å². The van der Waals surface area contributed by atoms with Gasteiger partial charge >= 0.3 is 0 Å². The number of nitrogens with zero attached hydrogens (tertiary/aromatic N) is 2. The Morgan fingerprint density at radius 3 is 2.52 bits per heavy atom. The SMILES string of the molecule is CC(C)(C)N/C(=N/C(=O)c1cccc(O)c1)Nc1cc(-c2ccc(F)cc2)n[nH]1. The molecule has 0 saturated carbocycles. The van der Waals surface area contributed by atoms with Crippen LogP contribution >= 0.6 is 0 Å². The maximum atomic E-state index is 13.1. The molecule has 2 aromatic carbocycles. The quantitative estimate of drug-likeness (QED) is 0.398. The molecule has 0 spiro atoms. The molecule has 3 rings (SSSR count). The van der Waals surface area contributed by atoms with Gasteiger partial charge in [-0.2, -0.15) is 10.1 Å². The van der Waals surface area contributed by atoms with Crippen molar-refractivity contribution in [2.45, 2.75) is 26.3 Å². The number of hydrogen-bond donors (Lipinski definition) is 4. The molecule has 0 bridgehead atoms. The van der Waals surface area contributed by atoms with Gasteiger partial charge in [-0.25, -0.2) is 4.39 Å². The summed E-state index contributed by atoms with van der Waals surface area (Å²) in [7, 11) is 0. The highest BCUT2D eigenvalue weighted by Crippen LogP contribution is 2.20. The van der Waals surface area contributed by atoms with Crippen LogP contribution in [0.1, 0.15) is 31.1 Å². The Morgan fingerprint density at radius 2 is 1.86 bits per heavy atom. The number of benzene rings is 2. The molecule has 150 valence electrons. The van der Waals surface area contributed by atoms with Crippen molar-refractivity contribution in [2.75, 3.05) is 5.32 Å². The molecular weight excluding hydrogens is 373 g/mol. The maximum Gasteiger partial charge on any atom is 0.280 e. The number of aromatic amines is 1. The van der Waals surface area contributed by atoms with E-state index in [2.05, 4.69) is 25.8 Å². The summed E-state index contributed by atoms with van der Waals surface area (Å²) in [6.45, 7) is 5.79. The molecule has 0 atom stereocenters. The molecule has 0 aliphatic carbocycles. The van der Waals surface area contributed by atoms with Gasteiger partial charge in [0.1, 0.15) is 17.4 Å². The van der Waals surface area contributed by atoms with Gasteiger partial charge in [-0.15, -0.1) is 0 Å². The first-order valence-corrected chi connectivity index (χ1v) is 8.98. The number of guanidine groups is 1.